The maximum absolute atomic E-state index is 11.7. The molecule has 1 rings (SSSR count). The van der Waals surface area contributed by atoms with E-state index in [0.29, 0.717) is 11.1 Å². The number of hydrogen-bond acceptors (Lipinski definition) is 3. The van der Waals surface area contributed by atoms with Crippen LogP contribution in [0.4, 0.5) is 0 Å². The average molecular weight is 231 g/mol. The van der Waals surface area contributed by atoms with Gasteiger partial charge in [-0.15, -0.1) is 0 Å². The molecule has 0 saturated heterocycles. The number of benzene rings is 1. The van der Waals surface area contributed by atoms with E-state index in [2.05, 4.69) is 5.32 Å². The van der Waals surface area contributed by atoms with Gasteiger partial charge in [-0.05, 0) is 25.1 Å². The lowest BCUT2D eigenvalue weighted by atomic mass is 10.1. The van der Waals surface area contributed by atoms with Gasteiger partial charge in [-0.1, -0.05) is 6.07 Å². The highest BCUT2D eigenvalue weighted by atomic mass is 16.2. The quantitative estimate of drug-likeness (QED) is 0.792. The molecule has 5 heteroatoms. The lowest BCUT2D eigenvalue weighted by molar-refractivity contribution is -0.118. The summed E-state index contributed by atoms with van der Waals surface area (Å²) in [5, 5.41) is 11.3. The summed E-state index contributed by atoms with van der Waals surface area (Å²) in [6, 6.07) is 7.97. The number of rotatable bonds is 4. The number of primary amides is 1. The van der Waals surface area contributed by atoms with Crippen molar-refractivity contribution in [3.8, 4) is 6.07 Å². The summed E-state index contributed by atoms with van der Waals surface area (Å²) in [6.45, 7) is 1.69. The Labute approximate surface area is 99.2 Å². The average Bonchev–Trinajstić information content (AvgIpc) is 2.27. The first-order valence-electron chi connectivity index (χ1n) is 5.12. The Kier molecular flexibility index (Phi) is 4.23. The van der Waals surface area contributed by atoms with Crippen molar-refractivity contribution in [2.24, 2.45) is 5.73 Å². The molecule has 0 fully saturated rings. The predicted octanol–water partition coefficient (Wildman–Crippen LogP) is 0.552. The van der Waals surface area contributed by atoms with Gasteiger partial charge in [-0.3, -0.25) is 9.59 Å². The van der Waals surface area contributed by atoms with E-state index < -0.39 is 5.91 Å². The van der Waals surface area contributed by atoms with Gasteiger partial charge < -0.3 is 11.1 Å². The van der Waals surface area contributed by atoms with E-state index in [9.17, 15) is 9.59 Å². The Bertz CT molecular complexity index is 477. The normalized spacial score (nSPS) is 11.3. The summed E-state index contributed by atoms with van der Waals surface area (Å²) in [5.41, 5.74) is 5.83. The Morgan fingerprint density at radius 1 is 1.53 bits per heavy atom. The van der Waals surface area contributed by atoms with Crippen LogP contribution >= 0.6 is 0 Å². The van der Waals surface area contributed by atoms with Crippen molar-refractivity contribution >= 4 is 11.8 Å². The highest BCUT2D eigenvalue weighted by molar-refractivity contribution is 5.95. The summed E-state index contributed by atoms with van der Waals surface area (Å²) < 4.78 is 0. The van der Waals surface area contributed by atoms with Gasteiger partial charge in [0.1, 0.15) is 0 Å². The molecule has 3 N–H and O–H groups in total. The van der Waals surface area contributed by atoms with E-state index in [0.717, 1.165) is 0 Å². The van der Waals surface area contributed by atoms with Crippen LogP contribution in [-0.4, -0.2) is 17.9 Å². The standard InChI is InChI=1S/C12H13N3O2/c1-8(5-11(14)16)15-12(17)10-4-2-3-9(6-10)7-13/h2-4,6,8H,5H2,1H3,(H2,14,16)(H,15,17). The van der Waals surface area contributed by atoms with Crippen molar-refractivity contribution in [1.29, 1.82) is 5.26 Å². The molecule has 1 aromatic carbocycles. The van der Waals surface area contributed by atoms with Gasteiger partial charge in [0.25, 0.3) is 5.91 Å². The van der Waals surface area contributed by atoms with Gasteiger partial charge in [0, 0.05) is 18.0 Å². The van der Waals surface area contributed by atoms with E-state index in [1.54, 1.807) is 25.1 Å². The van der Waals surface area contributed by atoms with E-state index in [1.807, 2.05) is 6.07 Å². The van der Waals surface area contributed by atoms with Gasteiger partial charge in [0.2, 0.25) is 5.91 Å². The number of carbonyl (C=O) groups is 2. The summed E-state index contributed by atoms with van der Waals surface area (Å²) in [5.74, 6) is -0.792. The van der Waals surface area contributed by atoms with Crippen LogP contribution in [0.3, 0.4) is 0 Å². The van der Waals surface area contributed by atoms with Crippen molar-refractivity contribution in [3.05, 3.63) is 35.4 Å². The molecule has 0 aliphatic carbocycles. The van der Waals surface area contributed by atoms with Gasteiger partial charge in [0.05, 0.1) is 11.6 Å². The third-order valence-electron chi connectivity index (χ3n) is 2.14. The summed E-state index contributed by atoms with van der Waals surface area (Å²) in [6.07, 6.45) is 0.0870. The lowest BCUT2D eigenvalue weighted by Crippen LogP contribution is -2.35. The molecular weight excluding hydrogens is 218 g/mol. The largest absolute Gasteiger partial charge is 0.370 e. The predicted molar refractivity (Wildman–Crippen MR) is 61.9 cm³/mol. The summed E-state index contributed by atoms with van der Waals surface area (Å²) in [4.78, 5) is 22.4. The zero-order valence-corrected chi connectivity index (χ0v) is 9.43. The molecule has 0 saturated carbocycles. The first-order chi connectivity index (χ1) is 8.02. The molecule has 0 heterocycles. The van der Waals surface area contributed by atoms with Crippen molar-refractivity contribution in [2.75, 3.05) is 0 Å². The molecule has 2 amide bonds. The van der Waals surface area contributed by atoms with Crippen LogP contribution < -0.4 is 11.1 Å². The molecule has 0 aliphatic rings. The molecule has 17 heavy (non-hydrogen) atoms. The first-order valence-corrected chi connectivity index (χ1v) is 5.12. The van der Waals surface area contributed by atoms with E-state index in [4.69, 9.17) is 11.0 Å². The van der Waals surface area contributed by atoms with Crippen LogP contribution in [0.2, 0.25) is 0 Å². The van der Waals surface area contributed by atoms with Crippen LogP contribution in [-0.2, 0) is 4.79 Å². The van der Waals surface area contributed by atoms with Crippen molar-refractivity contribution in [3.63, 3.8) is 0 Å². The summed E-state index contributed by atoms with van der Waals surface area (Å²) in [7, 11) is 0. The smallest absolute Gasteiger partial charge is 0.251 e. The molecule has 1 aromatic rings. The van der Waals surface area contributed by atoms with Gasteiger partial charge in [-0.25, -0.2) is 0 Å². The minimum absolute atomic E-state index is 0.0870. The highest BCUT2D eigenvalue weighted by Gasteiger charge is 2.11. The molecule has 0 bridgehead atoms. The number of amides is 2. The maximum Gasteiger partial charge on any atom is 0.251 e. The number of nitrogens with zero attached hydrogens (tertiary/aromatic N) is 1. The maximum atomic E-state index is 11.7. The van der Waals surface area contributed by atoms with Gasteiger partial charge in [-0.2, -0.15) is 5.26 Å². The minimum Gasteiger partial charge on any atom is -0.370 e. The fraction of sp³-hybridized carbons (Fsp3) is 0.250. The molecule has 1 unspecified atom stereocenters. The van der Waals surface area contributed by atoms with Crippen LogP contribution in [0.25, 0.3) is 0 Å². The van der Waals surface area contributed by atoms with E-state index in [1.165, 1.54) is 6.07 Å². The van der Waals surface area contributed by atoms with Crippen molar-refractivity contribution in [2.45, 2.75) is 19.4 Å². The van der Waals surface area contributed by atoms with Crippen LogP contribution in [0.5, 0.6) is 0 Å². The topological polar surface area (TPSA) is 96.0 Å². The molecule has 0 radical (unpaired) electrons. The van der Waals surface area contributed by atoms with Gasteiger partial charge in [0.15, 0.2) is 0 Å². The highest BCUT2D eigenvalue weighted by Crippen LogP contribution is 2.04. The molecule has 1 atom stereocenters. The number of carbonyl (C=O) groups excluding carboxylic acids is 2. The zero-order chi connectivity index (χ0) is 12.8. The summed E-state index contributed by atoms with van der Waals surface area (Å²) >= 11 is 0. The Balaban J connectivity index is 2.70. The van der Waals surface area contributed by atoms with Crippen LogP contribution in [0, 0.1) is 11.3 Å². The lowest BCUT2D eigenvalue weighted by Gasteiger charge is -2.11. The second-order valence-electron chi connectivity index (χ2n) is 3.74. The van der Waals surface area contributed by atoms with Crippen molar-refractivity contribution in [1.82, 2.24) is 5.32 Å². The van der Waals surface area contributed by atoms with Gasteiger partial charge >= 0.3 is 0 Å². The zero-order valence-electron chi connectivity index (χ0n) is 9.43. The Hall–Kier alpha value is -2.35. The van der Waals surface area contributed by atoms with Crippen molar-refractivity contribution < 1.29 is 9.59 Å². The number of nitriles is 1. The molecule has 0 aliphatic heterocycles. The number of nitrogens with two attached hydrogens (primary N) is 1. The number of nitrogens with one attached hydrogen (secondary N) is 1. The fourth-order valence-electron chi connectivity index (χ4n) is 1.39. The third kappa shape index (κ3) is 3.95. The monoisotopic (exact) mass is 231 g/mol. The Morgan fingerprint density at radius 2 is 2.24 bits per heavy atom. The molecule has 88 valence electrons. The third-order valence-corrected chi connectivity index (χ3v) is 2.14. The van der Waals surface area contributed by atoms with E-state index in [-0.39, 0.29) is 18.4 Å². The fourth-order valence-corrected chi connectivity index (χ4v) is 1.39. The molecule has 5 nitrogen and oxygen atoms in total. The number of hydrogen-bond donors (Lipinski definition) is 2. The Morgan fingerprint density at radius 3 is 2.82 bits per heavy atom. The first kappa shape index (κ1) is 12.7. The molecular formula is C12H13N3O2. The second-order valence-corrected chi connectivity index (χ2v) is 3.74. The van der Waals surface area contributed by atoms with E-state index >= 15 is 0 Å². The van der Waals surface area contributed by atoms with Crippen LogP contribution in [0.15, 0.2) is 24.3 Å². The molecule has 0 aromatic heterocycles. The molecule has 0 spiro atoms. The van der Waals surface area contributed by atoms with Crippen LogP contribution in [0.1, 0.15) is 29.3 Å². The SMILES string of the molecule is CC(CC(N)=O)NC(=O)c1cccc(C#N)c1. The minimum atomic E-state index is -0.469. The second kappa shape index (κ2) is 5.66.